The maximum Gasteiger partial charge on any atom is 0.341 e. The molecule has 0 amide bonds. The van der Waals surface area contributed by atoms with Crippen LogP contribution in [0, 0.1) is 5.92 Å². The number of anilines is 1. The topological polar surface area (TPSA) is 59.0 Å². The third-order valence-corrected chi connectivity index (χ3v) is 3.73. The first-order valence-corrected chi connectivity index (χ1v) is 6.81. The predicted octanol–water partition coefficient (Wildman–Crippen LogP) is 1.69. The number of aliphatic hydroxyl groups is 1. The average molecular weight is 279 g/mol. The smallest absolute Gasteiger partial charge is 0.341 e. The Labute approximate surface area is 119 Å². The van der Waals surface area contributed by atoms with Crippen LogP contribution in [0.4, 0.5) is 5.69 Å². The summed E-state index contributed by atoms with van der Waals surface area (Å²) >= 11 is 0. The fraction of sp³-hybridized carbons (Fsp3) is 0.533. The van der Waals surface area contributed by atoms with Crippen LogP contribution in [-0.4, -0.2) is 45.0 Å². The normalized spacial score (nSPS) is 18.8. The molecule has 20 heavy (non-hydrogen) atoms. The van der Waals surface area contributed by atoms with Crippen molar-refractivity contribution in [2.45, 2.75) is 12.8 Å². The van der Waals surface area contributed by atoms with Crippen LogP contribution in [-0.2, 0) is 4.74 Å². The molecule has 1 aliphatic heterocycles. The number of carbonyl (C=O) groups is 1. The molecule has 1 unspecified atom stereocenters. The zero-order chi connectivity index (χ0) is 14.5. The molecule has 1 heterocycles. The highest BCUT2D eigenvalue weighted by Gasteiger charge is 2.21. The SMILES string of the molecule is COC(=O)c1cc(N2CCCC(CO)C2)ccc1OC. The molecule has 1 fully saturated rings. The lowest BCUT2D eigenvalue weighted by molar-refractivity contribution is 0.0597. The molecule has 1 aromatic rings. The summed E-state index contributed by atoms with van der Waals surface area (Å²) in [7, 11) is 2.89. The van der Waals surface area contributed by atoms with Crippen LogP contribution >= 0.6 is 0 Å². The van der Waals surface area contributed by atoms with E-state index in [0.29, 0.717) is 17.2 Å². The van der Waals surface area contributed by atoms with Crippen molar-refractivity contribution >= 4 is 11.7 Å². The minimum atomic E-state index is -0.403. The predicted molar refractivity (Wildman–Crippen MR) is 76.4 cm³/mol. The van der Waals surface area contributed by atoms with Gasteiger partial charge in [-0.15, -0.1) is 0 Å². The van der Waals surface area contributed by atoms with Crippen molar-refractivity contribution in [3.63, 3.8) is 0 Å². The number of ether oxygens (including phenoxy) is 2. The lowest BCUT2D eigenvalue weighted by Gasteiger charge is -2.33. The van der Waals surface area contributed by atoms with Crippen molar-refractivity contribution in [1.82, 2.24) is 0 Å². The highest BCUT2D eigenvalue weighted by molar-refractivity contribution is 5.93. The van der Waals surface area contributed by atoms with E-state index in [2.05, 4.69) is 4.90 Å². The van der Waals surface area contributed by atoms with Crippen molar-refractivity contribution in [3.8, 4) is 5.75 Å². The van der Waals surface area contributed by atoms with Gasteiger partial charge in [0.25, 0.3) is 0 Å². The number of rotatable bonds is 4. The number of carbonyl (C=O) groups excluding carboxylic acids is 1. The molecular weight excluding hydrogens is 258 g/mol. The first kappa shape index (κ1) is 14.7. The maximum atomic E-state index is 11.8. The van der Waals surface area contributed by atoms with E-state index in [1.165, 1.54) is 14.2 Å². The summed E-state index contributed by atoms with van der Waals surface area (Å²) in [6.07, 6.45) is 2.10. The first-order chi connectivity index (χ1) is 9.69. The van der Waals surface area contributed by atoms with E-state index in [-0.39, 0.29) is 6.61 Å². The Kier molecular flexibility index (Phi) is 4.84. The van der Waals surface area contributed by atoms with Crippen molar-refractivity contribution in [2.24, 2.45) is 5.92 Å². The molecule has 0 spiro atoms. The number of hydrogen-bond acceptors (Lipinski definition) is 5. The summed E-state index contributed by atoms with van der Waals surface area (Å²) in [6, 6.07) is 5.51. The van der Waals surface area contributed by atoms with Gasteiger partial charge in [-0.1, -0.05) is 0 Å². The molecule has 1 atom stereocenters. The van der Waals surface area contributed by atoms with Crippen LogP contribution < -0.4 is 9.64 Å². The number of methoxy groups -OCH3 is 2. The van der Waals surface area contributed by atoms with Crippen LogP contribution in [0.5, 0.6) is 5.75 Å². The van der Waals surface area contributed by atoms with Gasteiger partial charge in [-0.3, -0.25) is 0 Å². The second-order valence-corrected chi connectivity index (χ2v) is 5.01. The number of benzene rings is 1. The minimum Gasteiger partial charge on any atom is -0.496 e. The molecule has 1 saturated heterocycles. The fourth-order valence-electron chi connectivity index (χ4n) is 2.61. The standard InChI is InChI=1S/C15H21NO4/c1-19-14-6-5-12(8-13(14)15(18)20-2)16-7-3-4-11(9-16)10-17/h5-6,8,11,17H,3-4,7,9-10H2,1-2H3. The summed E-state index contributed by atoms with van der Waals surface area (Å²) in [6.45, 7) is 1.95. The van der Waals surface area contributed by atoms with Crippen molar-refractivity contribution < 1.29 is 19.4 Å². The number of aliphatic hydroxyl groups excluding tert-OH is 1. The van der Waals surface area contributed by atoms with Crippen LogP contribution in [0.2, 0.25) is 0 Å². The highest BCUT2D eigenvalue weighted by Crippen LogP contribution is 2.28. The van der Waals surface area contributed by atoms with E-state index < -0.39 is 5.97 Å². The van der Waals surface area contributed by atoms with E-state index >= 15 is 0 Å². The monoisotopic (exact) mass is 279 g/mol. The van der Waals surface area contributed by atoms with Crippen LogP contribution in [0.3, 0.4) is 0 Å². The van der Waals surface area contributed by atoms with Crippen molar-refractivity contribution in [3.05, 3.63) is 23.8 Å². The van der Waals surface area contributed by atoms with Gasteiger partial charge in [-0.05, 0) is 37.0 Å². The molecule has 0 radical (unpaired) electrons. The quantitative estimate of drug-likeness (QED) is 0.850. The second-order valence-electron chi connectivity index (χ2n) is 5.01. The molecule has 5 heteroatoms. The Balaban J connectivity index is 2.26. The summed E-state index contributed by atoms with van der Waals surface area (Å²) in [5.74, 6) is 0.406. The van der Waals surface area contributed by atoms with Gasteiger partial charge in [-0.25, -0.2) is 4.79 Å². The number of piperidine rings is 1. The van der Waals surface area contributed by atoms with Crippen LogP contribution in [0.15, 0.2) is 18.2 Å². The Bertz CT molecular complexity index is 475. The maximum absolute atomic E-state index is 11.8. The van der Waals surface area contributed by atoms with E-state index in [4.69, 9.17) is 9.47 Å². The van der Waals surface area contributed by atoms with Crippen molar-refractivity contribution in [1.29, 1.82) is 0 Å². The molecule has 1 aliphatic rings. The molecule has 1 aromatic carbocycles. The molecule has 0 bridgehead atoms. The number of hydrogen-bond donors (Lipinski definition) is 1. The fourth-order valence-corrected chi connectivity index (χ4v) is 2.61. The summed E-state index contributed by atoms with van der Waals surface area (Å²) in [5.41, 5.74) is 1.39. The third kappa shape index (κ3) is 3.04. The Hall–Kier alpha value is -1.75. The molecule has 0 saturated carbocycles. The van der Waals surface area contributed by atoms with E-state index in [1.807, 2.05) is 6.07 Å². The first-order valence-electron chi connectivity index (χ1n) is 6.81. The Morgan fingerprint density at radius 3 is 2.90 bits per heavy atom. The largest absolute Gasteiger partial charge is 0.496 e. The Morgan fingerprint density at radius 1 is 1.45 bits per heavy atom. The highest BCUT2D eigenvalue weighted by atomic mass is 16.5. The van der Waals surface area contributed by atoms with Gasteiger partial charge in [-0.2, -0.15) is 0 Å². The van der Waals surface area contributed by atoms with E-state index in [0.717, 1.165) is 31.6 Å². The molecule has 2 rings (SSSR count). The molecule has 110 valence electrons. The molecule has 0 aromatic heterocycles. The number of nitrogens with zero attached hydrogens (tertiary/aromatic N) is 1. The summed E-state index contributed by atoms with van der Waals surface area (Å²) in [4.78, 5) is 14.0. The summed E-state index contributed by atoms with van der Waals surface area (Å²) in [5, 5.41) is 9.30. The Morgan fingerprint density at radius 2 is 2.25 bits per heavy atom. The zero-order valence-corrected chi connectivity index (χ0v) is 12.0. The minimum absolute atomic E-state index is 0.205. The van der Waals surface area contributed by atoms with Gasteiger partial charge >= 0.3 is 5.97 Å². The van der Waals surface area contributed by atoms with Gasteiger partial charge in [0.1, 0.15) is 11.3 Å². The van der Waals surface area contributed by atoms with Crippen LogP contribution in [0.1, 0.15) is 23.2 Å². The van der Waals surface area contributed by atoms with E-state index in [9.17, 15) is 9.90 Å². The molecule has 0 aliphatic carbocycles. The van der Waals surface area contributed by atoms with Crippen LogP contribution in [0.25, 0.3) is 0 Å². The van der Waals surface area contributed by atoms with Gasteiger partial charge in [0, 0.05) is 25.4 Å². The number of esters is 1. The third-order valence-electron chi connectivity index (χ3n) is 3.73. The second kappa shape index (κ2) is 6.61. The van der Waals surface area contributed by atoms with Gasteiger partial charge < -0.3 is 19.5 Å². The molecule has 1 N–H and O–H groups in total. The van der Waals surface area contributed by atoms with Gasteiger partial charge in [0.15, 0.2) is 0 Å². The van der Waals surface area contributed by atoms with Crippen molar-refractivity contribution in [2.75, 3.05) is 38.8 Å². The van der Waals surface area contributed by atoms with Gasteiger partial charge in [0.05, 0.1) is 14.2 Å². The zero-order valence-electron chi connectivity index (χ0n) is 12.0. The molecule has 5 nitrogen and oxygen atoms in total. The lowest BCUT2D eigenvalue weighted by atomic mass is 9.98. The lowest BCUT2D eigenvalue weighted by Crippen LogP contribution is -2.36. The van der Waals surface area contributed by atoms with Gasteiger partial charge in [0.2, 0.25) is 0 Å². The average Bonchev–Trinajstić information content (AvgIpc) is 2.53. The molecular formula is C15H21NO4. The van der Waals surface area contributed by atoms with E-state index in [1.54, 1.807) is 12.1 Å². The summed E-state index contributed by atoms with van der Waals surface area (Å²) < 4.78 is 9.98.